The molecule has 3 nitrogen and oxygen atoms in total. The number of rotatable bonds is 4. The van der Waals surface area contributed by atoms with Gasteiger partial charge in [0.1, 0.15) is 0 Å². The molecule has 76 valence electrons. The predicted octanol–water partition coefficient (Wildman–Crippen LogP) is 0.729. The zero-order chi connectivity index (χ0) is 9.90. The Kier molecular flexibility index (Phi) is 3.50. The predicted molar refractivity (Wildman–Crippen MR) is 54.5 cm³/mol. The first-order valence-electron chi connectivity index (χ1n) is 4.59. The average molecular weight is 203 g/mol. The third kappa shape index (κ3) is 3.12. The third-order valence-corrected chi connectivity index (χ3v) is 4.54. The molecule has 0 radical (unpaired) electrons. The first-order chi connectivity index (χ1) is 6.02. The van der Waals surface area contributed by atoms with E-state index in [9.17, 15) is 8.42 Å². The maximum Gasteiger partial charge on any atom is 0.154 e. The monoisotopic (exact) mass is 203 g/mol. The fourth-order valence-electron chi connectivity index (χ4n) is 1.53. The lowest BCUT2D eigenvalue weighted by Gasteiger charge is -2.10. The summed E-state index contributed by atoms with van der Waals surface area (Å²) in [6, 6.07) is 0. The zero-order valence-corrected chi connectivity index (χ0v) is 8.86. The van der Waals surface area contributed by atoms with Crippen molar-refractivity contribution in [3.05, 3.63) is 12.2 Å². The van der Waals surface area contributed by atoms with E-state index in [-0.39, 0.29) is 5.25 Å². The molecular weight excluding hydrogens is 186 g/mol. The normalized spacial score (nSPS) is 26.1. The molecule has 13 heavy (non-hydrogen) atoms. The molecule has 0 saturated carbocycles. The highest BCUT2D eigenvalue weighted by Crippen LogP contribution is 2.18. The molecule has 1 fully saturated rings. The molecule has 0 amide bonds. The van der Waals surface area contributed by atoms with Crippen LogP contribution < -0.4 is 5.32 Å². The minimum atomic E-state index is -2.78. The summed E-state index contributed by atoms with van der Waals surface area (Å²) in [7, 11) is -2.78. The quantitative estimate of drug-likeness (QED) is 0.685. The topological polar surface area (TPSA) is 46.2 Å². The molecule has 0 bridgehead atoms. The Morgan fingerprint density at radius 2 is 2.31 bits per heavy atom. The standard InChI is InChI=1S/C9H17NO2S/c1-8(2)6-10-7-9-4-3-5-13(9,11)12/h9-10H,1,3-7H2,2H3. The second kappa shape index (κ2) is 4.24. The van der Waals surface area contributed by atoms with Crippen LogP contribution in [0.2, 0.25) is 0 Å². The van der Waals surface area contributed by atoms with E-state index in [1.54, 1.807) is 0 Å². The Morgan fingerprint density at radius 1 is 1.62 bits per heavy atom. The third-order valence-electron chi connectivity index (χ3n) is 2.26. The minimum absolute atomic E-state index is 0.160. The van der Waals surface area contributed by atoms with Crippen LogP contribution in [0.4, 0.5) is 0 Å². The molecule has 1 aliphatic rings. The van der Waals surface area contributed by atoms with Gasteiger partial charge in [-0.2, -0.15) is 0 Å². The van der Waals surface area contributed by atoms with Crippen LogP contribution in [0.25, 0.3) is 0 Å². The van der Waals surface area contributed by atoms with Crippen LogP contribution in [-0.2, 0) is 9.84 Å². The summed E-state index contributed by atoms with van der Waals surface area (Å²) in [4.78, 5) is 0. The molecule has 0 aliphatic carbocycles. The van der Waals surface area contributed by atoms with Crippen molar-refractivity contribution in [3.63, 3.8) is 0 Å². The molecule has 1 heterocycles. The number of hydrogen-bond donors (Lipinski definition) is 1. The van der Waals surface area contributed by atoms with Gasteiger partial charge in [0.25, 0.3) is 0 Å². The Morgan fingerprint density at radius 3 is 2.77 bits per heavy atom. The van der Waals surface area contributed by atoms with E-state index in [2.05, 4.69) is 11.9 Å². The number of hydrogen-bond acceptors (Lipinski definition) is 3. The summed E-state index contributed by atoms with van der Waals surface area (Å²) in [6.07, 6.45) is 1.63. The van der Waals surface area contributed by atoms with Gasteiger partial charge in [-0.25, -0.2) is 8.42 Å². The van der Waals surface area contributed by atoms with Crippen molar-refractivity contribution in [2.24, 2.45) is 0 Å². The molecule has 0 spiro atoms. The van der Waals surface area contributed by atoms with Crippen molar-refractivity contribution < 1.29 is 8.42 Å². The summed E-state index contributed by atoms with van der Waals surface area (Å²) >= 11 is 0. The van der Waals surface area contributed by atoms with Gasteiger partial charge < -0.3 is 5.32 Å². The molecule has 4 heteroatoms. The fraction of sp³-hybridized carbons (Fsp3) is 0.778. The highest BCUT2D eigenvalue weighted by Gasteiger charge is 2.30. The van der Waals surface area contributed by atoms with Crippen LogP contribution in [0.15, 0.2) is 12.2 Å². The van der Waals surface area contributed by atoms with Crippen LogP contribution >= 0.6 is 0 Å². The smallest absolute Gasteiger partial charge is 0.154 e. The van der Waals surface area contributed by atoms with Crippen molar-refractivity contribution in [3.8, 4) is 0 Å². The van der Waals surface area contributed by atoms with Gasteiger partial charge in [0.2, 0.25) is 0 Å². The zero-order valence-electron chi connectivity index (χ0n) is 8.04. The van der Waals surface area contributed by atoms with Gasteiger partial charge in [-0.05, 0) is 19.8 Å². The highest BCUT2D eigenvalue weighted by molar-refractivity contribution is 7.92. The van der Waals surface area contributed by atoms with Crippen LogP contribution in [0.5, 0.6) is 0 Å². The van der Waals surface area contributed by atoms with Crippen molar-refractivity contribution in [2.75, 3.05) is 18.8 Å². The second-order valence-corrected chi connectivity index (χ2v) is 6.12. The highest BCUT2D eigenvalue weighted by atomic mass is 32.2. The van der Waals surface area contributed by atoms with E-state index in [4.69, 9.17) is 0 Å². The van der Waals surface area contributed by atoms with E-state index >= 15 is 0 Å². The van der Waals surface area contributed by atoms with E-state index in [0.29, 0.717) is 18.8 Å². The lowest BCUT2D eigenvalue weighted by atomic mass is 10.2. The molecule has 1 saturated heterocycles. The molecule has 1 atom stereocenters. The molecule has 1 rings (SSSR count). The van der Waals surface area contributed by atoms with Gasteiger partial charge >= 0.3 is 0 Å². The van der Waals surface area contributed by atoms with Gasteiger partial charge in [0.05, 0.1) is 11.0 Å². The van der Waals surface area contributed by atoms with Crippen molar-refractivity contribution in [1.82, 2.24) is 5.32 Å². The molecular formula is C9H17NO2S. The minimum Gasteiger partial charge on any atom is -0.312 e. The van der Waals surface area contributed by atoms with Crippen molar-refractivity contribution in [2.45, 2.75) is 25.0 Å². The second-order valence-electron chi connectivity index (χ2n) is 3.72. The van der Waals surface area contributed by atoms with Gasteiger partial charge in [0.15, 0.2) is 9.84 Å². The number of sulfone groups is 1. The molecule has 0 aromatic heterocycles. The van der Waals surface area contributed by atoms with Crippen LogP contribution in [-0.4, -0.2) is 32.5 Å². The summed E-state index contributed by atoms with van der Waals surface area (Å²) in [5, 5.41) is 2.94. The largest absolute Gasteiger partial charge is 0.312 e. The van der Waals surface area contributed by atoms with Gasteiger partial charge in [-0.15, -0.1) is 0 Å². The van der Waals surface area contributed by atoms with Gasteiger partial charge in [-0.3, -0.25) is 0 Å². The molecule has 0 aromatic rings. The van der Waals surface area contributed by atoms with Gasteiger partial charge in [-0.1, -0.05) is 12.2 Å². The Balaban J connectivity index is 2.33. The van der Waals surface area contributed by atoms with Gasteiger partial charge in [0, 0.05) is 13.1 Å². The molecule has 0 aromatic carbocycles. The summed E-state index contributed by atoms with van der Waals surface area (Å²) in [5.41, 5.74) is 1.04. The Hall–Kier alpha value is -0.350. The summed E-state index contributed by atoms with van der Waals surface area (Å²) in [5.74, 6) is 0.367. The van der Waals surface area contributed by atoms with E-state index in [1.807, 2.05) is 6.92 Å². The molecule has 1 unspecified atom stereocenters. The Labute approximate surface area is 80.1 Å². The SMILES string of the molecule is C=C(C)CNCC1CCCS1(=O)=O. The molecule has 1 N–H and O–H groups in total. The average Bonchev–Trinajstić information content (AvgIpc) is 2.30. The van der Waals surface area contributed by atoms with E-state index in [0.717, 1.165) is 18.4 Å². The first kappa shape index (κ1) is 10.7. The first-order valence-corrected chi connectivity index (χ1v) is 6.30. The van der Waals surface area contributed by atoms with Crippen molar-refractivity contribution in [1.29, 1.82) is 0 Å². The lowest BCUT2D eigenvalue weighted by Crippen LogP contribution is -2.31. The molecule has 1 aliphatic heterocycles. The van der Waals surface area contributed by atoms with Crippen LogP contribution in [0.3, 0.4) is 0 Å². The number of nitrogens with one attached hydrogen (secondary N) is 1. The lowest BCUT2D eigenvalue weighted by molar-refractivity contribution is 0.579. The van der Waals surface area contributed by atoms with Crippen LogP contribution in [0.1, 0.15) is 19.8 Å². The maximum atomic E-state index is 11.4. The fourth-order valence-corrected chi connectivity index (χ4v) is 3.33. The summed E-state index contributed by atoms with van der Waals surface area (Å²) < 4.78 is 22.8. The van der Waals surface area contributed by atoms with E-state index in [1.165, 1.54) is 0 Å². The summed E-state index contributed by atoms with van der Waals surface area (Å²) in [6.45, 7) is 6.96. The van der Waals surface area contributed by atoms with Crippen molar-refractivity contribution >= 4 is 9.84 Å². The van der Waals surface area contributed by atoms with Crippen LogP contribution in [0, 0.1) is 0 Å². The Bertz CT molecular complexity index is 282. The maximum absolute atomic E-state index is 11.4. The van der Waals surface area contributed by atoms with E-state index < -0.39 is 9.84 Å².